The van der Waals surface area contributed by atoms with Gasteiger partial charge in [-0.05, 0) is 41.3 Å². The molecule has 3 rings (SSSR count). The number of aryl methyl sites for hydroxylation is 1. The molecule has 0 aromatic heterocycles. The maximum atomic E-state index is 14.5. The Morgan fingerprint density at radius 3 is 1.88 bits per heavy atom. The summed E-state index contributed by atoms with van der Waals surface area (Å²) >= 11 is 0. The fraction of sp³-hybridized carbons (Fsp3) is 0.143. The Hall–Kier alpha value is -2.55. The van der Waals surface area contributed by atoms with Crippen molar-refractivity contribution in [2.45, 2.75) is 19.8 Å². The Morgan fingerprint density at radius 1 is 0.667 bits per heavy atom. The average Bonchev–Trinajstić information content (AvgIpc) is 2.56. The lowest BCUT2D eigenvalue weighted by Crippen LogP contribution is -1.90. The van der Waals surface area contributed by atoms with Gasteiger partial charge in [0.25, 0.3) is 0 Å². The SMILES string of the molecule is CCCc1ccc(-c2ccc(-c3ccc(F)cc3F)cc2F)cc1. The van der Waals surface area contributed by atoms with Gasteiger partial charge in [0.15, 0.2) is 0 Å². The second-order valence-electron chi connectivity index (χ2n) is 5.77. The van der Waals surface area contributed by atoms with E-state index in [4.69, 9.17) is 0 Å². The summed E-state index contributed by atoms with van der Waals surface area (Å²) in [7, 11) is 0. The van der Waals surface area contributed by atoms with E-state index in [1.165, 1.54) is 17.7 Å². The number of rotatable bonds is 4. The van der Waals surface area contributed by atoms with E-state index in [1.807, 2.05) is 24.3 Å². The van der Waals surface area contributed by atoms with Crippen LogP contribution in [0.15, 0.2) is 60.7 Å². The van der Waals surface area contributed by atoms with Gasteiger partial charge in [0.05, 0.1) is 0 Å². The van der Waals surface area contributed by atoms with Crippen molar-refractivity contribution in [3.8, 4) is 22.3 Å². The van der Waals surface area contributed by atoms with Crippen molar-refractivity contribution in [1.82, 2.24) is 0 Å². The molecule has 0 aliphatic rings. The zero-order valence-electron chi connectivity index (χ0n) is 13.3. The topological polar surface area (TPSA) is 0 Å². The van der Waals surface area contributed by atoms with Crippen molar-refractivity contribution in [1.29, 1.82) is 0 Å². The van der Waals surface area contributed by atoms with E-state index in [0.717, 1.165) is 30.5 Å². The molecule has 3 aromatic rings. The second-order valence-corrected chi connectivity index (χ2v) is 5.77. The summed E-state index contributed by atoms with van der Waals surface area (Å²) in [5.74, 6) is -1.79. The minimum Gasteiger partial charge on any atom is -0.207 e. The van der Waals surface area contributed by atoms with Gasteiger partial charge in [-0.15, -0.1) is 0 Å². The van der Waals surface area contributed by atoms with Crippen LogP contribution in [0.1, 0.15) is 18.9 Å². The van der Waals surface area contributed by atoms with Crippen LogP contribution in [0.3, 0.4) is 0 Å². The lowest BCUT2D eigenvalue weighted by atomic mass is 9.98. The van der Waals surface area contributed by atoms with Crippen molar-refractivity contribution in [2.75, 3.05) is 0 Å². The monoisotopic (exact) mass is 326 g/mol. The smallest absolute Gasteiger partial charge is 0.133 e. The molecule has 0 atom stereocenters. The lowest BCUT2D eigenvalue weighted by Gasteiger charge is -2.09. The molecule has 0 aliphatic carbocycles. The van der Waals surface area contributed by atoms with Crippen molar-refractivity contribution in [3.05, 3.63) is 83.7 Å². The molecule has 0 bridgehead atoms. The second kappa shape index (κ2) is 6.91. The molecule has 0 heterocycles. The van der Waals surface area contributed by atoms with Gasteiger partial charge in [0.2, 0.25) is 0 Å². The summed E-state index contributed by atoms with van der Waals surface area (Å²) in [5.41, 5.74) is 3.02. The molecule has 0 saturated heterocycles. The van der Waals surface area contributed by atoms with Gasteiger partial charge in [-0.2, -0.15) is 0 Å². The third kappa shape index (κ3) is 3.35. The molecule has 0 nitrogen and oxygen atoms in total. The average molecular weight is 326 g/mol. The normalized spacial score (nSPS) is 10.8. The quantitative estimate of drug-likeness (QED) is 0.521. The highest BCUT2D eigenvalue weighted by atomic mass is 19.1. The van der Waals surface area contributed by atoms with Crippen LogP contribution in [0.25, 0.3) is 22.3 Å². The molecule has 0 aliphatic heterocycles. The summed E-state index contributed by atoms with van der Waals surface area (Å²) in [5, 5.41) is 0. The van der Waals surface area contributed by atoms with E-state index in [9.17, 15) is 13.2 Å². The maximum absolute atomic E-state index is 14.5. The molecule has 0 spiro atoms. The summed E-state index contributed by atoms with van der Waals surface area (Å²) in [4.78, 5) is 0. The fourth-order valence-corrected chi connectivity index (χ4v) is 2.78. The fourth-order valence-electron chi connectivity index (χ4n) is 2.78. The first-order chi connectivity index (χ1) is 11.6. The molecule has 3 heteroatoms. The minimum atomic E-state index is -0.703. The molecule has 24 heavy (non-hydrogen) atoms. The van der Waals surface area contributed by atoms with Crippen molar-refractivity contribution < 1.29 is 13.2 Å². The van der Waals surface area contributed by atoms with Crippen LogP contribution in [0.2, 0.25) is 0 Å². The highest BCUT2D eigenvalue weighted by Crippen LogP contribution is 2.29. The molecule has 122 valence electrons. The van der Waals surface area contributed by atoms with Gasteiger partial charge < -0.3 is 0 Å². The van der Waals surface area contributed by atoms with Crippen LogP contribution >= 0.6 is 0 Å². The molecular formula is C21H17F3. The van der Waals surface area contributed by atoms with Crippen LogP contribution in [-0.4, -0.2) is 0 Å². The predicted molar refractivity (Wildman–Crippen MR) is 91.2 cm³/mol. The molecule has 0 unspecified atom stereocenters. The van der Waals surface area contributed by atoms with Crippen LogP contribution in [0, 0.1) is 17.5 Å². The Balaban J connectivity index is 1.95. The van der Waals surface area contributed by atoms with Crippen LogP contribution in [-0.2, 0) is 6.42 Å². The molecular weight excluding hydrogens is 309 g/mol. The Morgan fingerprint density at radius 2 is 1.25 bits per heavy atom. The maximum Gasteiger partial charge on any atom is 0.133 e. The van der Waals surface area contributed by atoms with Gasteiger partial charge in [-0.3, -0.25) is 0 Å². The number of hydrogen-bond donors (Lipinski definition) is 0. The summed E-state index contributed by atoms with van der Waals surface area (Å²) < 4.78 is 41.3. The van der Waals surface area contributed by atoms with Gasteiger partial charge >= 0.3 is 0 Å². The van der Waals surface area contributed by atoms with Gasteiger partial charge in [-0.1, -0.05) is 49.7 Å². The van der Waals surface area contributed by atoms with Crippen molar-refractivity contribution in [2.24, 2.45) is 0 Å². The number of halogens is 3. The third-order valence-electron chi connectivity index (χ3n) is 4.01. The van der Waals surface area contributed by atoms with Crippen molar-refractivity contribution in [3.63, 3.8) is 0 Å². The first-order valence-corrected chi connectivity index (χ1v) is 7.93. The van der Waals surface area contributed by atoms with E-state index < -0.39 is 17.5 Å². The molecule has 0 N–H and O–H groups in total. The van der Waals surface area contributed by atoms with E-state index in [2.05, 4.69) is 6.92 Å². The summed E-state index contributed by atoms with van der Waals surface area (Å²) in [6.45, 7) is 2.11. The van der Waals surface area contributed by atoms with E-state index in [1.54, 1.807) is 12.1 Å². The summed E-state index contributed by atoms with van der Waals surface area (Å²) in [6.07, 6.45) is 2.05. The van der Waals surface area contributed by atoms with Crippen LogP contribution in [0.5, 0.6) is 0 Å². The molecule has 3 aromatic carbocycles. The predicted octanol–water partition coefficient (Wildman–Crippen LogP) is 6.39. The van der Waals surface area contributed by atoms with Crippen LogP contribution < -0.4 is 0 Å². The zero-order chi connectivity index (χ0) is 17.1. The zero-order valence-corrected chi connectivity index (χ0v) is 13.3. The molecule has 0 saturated carbocycles. The lowest BCUT2D eigenvalue weighted by molar-refractivity contribution is 0.585. The Kier molecular flexibility index (Phi) is 4.70. The largest absolute Gasteiger partial charge is 0.207 e. The van der Waals surface area contributed by atoms with Gasteiger partial charge in [-0.25, -0.2) is 13.2 Å². The highest BCUT2D eigenvalue weighted by Gasteiger charge is 2.11. The number of hydrogen-bond acceptors (Lipinski definition) is 0. The van der Waals surface area contributed by atoms with Gasteiger partial charge in [0.1, 0.15) is 17.5 Å². The van der Waals surface area contributed by atoms with Crippen LogP contribution in [0.4, 0.5) is 13.2 Å². The summed E-state index contributed by atoms with van der Waals surface area (Å²) in [6, 6.07) is 15.6. The Labute approximate surface area is 139 Å². The standard InChI is InChI=1S/C21H17F3/c1-2-3-14-4-6-15(7-5-14)18-10-8-16(12-20(18)23)19-11-9-17(22)13-21(19)24/h4-13H,2-3H2,1H3. The molecule has 0 amide bonds. The first-order valence-electron chi connectivity index (χ1n) is 7.93. The van der Waals surface area contributed by atoms with Gasteiger partial charge in [0, 0.05) is 17.2 Å². The third-order valence-corrected chi connectivity index (χ3v) is 4.01. The highest BCUT2D eigenvalue weighted by molar-refractivity contribution is 5.71. The van der Waals surface area contributed by atoms with E-state index >= 15 is 0 Å². The van der Waals surface area contributed by atoms with E-state index in [0.29, 0.717) is 11.1 Å². The minimum absolute atomic E-state index is 0.181. The van der Waals surface area contributed by atoms with Crippen molar-refractivity contribution >= 4 is 0 Å². The van der Waals surface area contributed by atoms with E-state index in [-0.39, 0.29) is 5.56 Å². The number of benzene rings is 3. The molecule has 0 fully saturated rings. The molecule has 0 radical (unpaired) electrons. The first kappa shape index (κ1) is 16.3. The Bertz CT molecular complexity index is 851.